The molecule has 0 saturated carbocycles. The van der Waals surface area contributed by atoms with Crippen LogP contribution >= 0.6 is 13.5 Å². The van der Waals surface area contributed by atoms with E-state index in [1.807, 2.05) is 0 Å². The summed E-state index contributed by atoms with van der Waals surface area (Å²) in [5, 5.41) is 27.8. The molecule has 2 heterocycles. The molecule has 0 aliphatic carbocycles. The lowest BCUT2D eigenvalue weighted by Crippen LogP contribution is -2.46. The molecule has 11 nitrogen and oxygen atoms in total. The zero-order valence-electron chi connectivity index (χ0n) is 18.4. The topological polar surface area (TPSA) is 213 Å². The first kappa shape index (κ1) is 28.6. The molecule has 0 fully saturated rings. The second-order valence-corrected chi connectivity index (χ2v) is 7.78. The van der Waals surface area contributed by atoms with Gasteiger partial charge in [0.25, 0.3) is 0 Å². The SMILES string of the molecule is CC(N)(Cc1ccc2c(c1)OCO2)C(=O)O.NC(Cc1c[nH]c2ccc(O)cc12)C(=O)O.O.S. The van der Waals surface area contributed by atoms with E-state index in [4.69, 9.17) is 31.2 Å². The zero-order chi connectivity index (χ0) is 23.5. The lowest BCUT2D eigenvalue weighted by atomic mass is 9.94. The van der Waals surface area contributed by atoms with E-state index in [1.165, 1.54) is 6.92 Å². The molecular weight excluding hydrogens is 466 g/mol. The van der Waals surface area contributed by atoms with Gasteiger partial charge in [0.15, 0.2) is 11.5 Å². The second-order valence-electron chi connectivity index (χ2n) is 7.78. The highest BCUT2D eigenvalue weighted by atomic mass is 32.1. The number of ether oxygens (including phenoxy) is 2. The van der Waals surface area contributed by atoms with E-state index < -0.39 is 23.5 Å². The minimum Gasteiger partial charge on any atom is -0.508 e. The van der Waals surface area contributed by atoms with Crippen LogP contribution in [0.5, 0.6) is 17.2 Å². The molecule has 0 radical (unpaired) electrons. The molecule has 10 N–H and O–H groups in total. The number of hydrogen-bond acceptors (Lipinski definition) is 7. The summed E-state index contributed by atoms with van der Waals surface area (Å²) >= 11 is 0. The normalized spacial score (nSPS) is 14.0. The van der Waals surface area contributed by atoms with Crippen molar-refractivity contribution in [2.45, 2.75) is 31.3 Å². The third-order valence-corrected chi connectivity index (χ3v) is 5.00. The first-order valence-corrected chi connectivity index (χ1v) is 9.75. The highest BCUT2D eigenvalue weighted by Gasteiger charge is 2.28. The van der Waals surface area contributed by atoms with Gasteiger partial charge in [-0.1, -0.05) is 6.07 Å². The fraction of sp³-hybridized carbons (Fsp3) is 0.273. The predicted molar refractivity (Wildman–Crippen MR) is 130 cm³/mol. The van der Waals surface area contributed by atoms with Crippen LogP contribution in [0.2, 0.25) is 0 Å². The van der Waals surface area contributed by atoms with Crippen LogP contribution in [0, 0.1) is 0 Å². The molecule has 3 aromatic rings. The third-order valence-electron chi connectivity index (χ3n) is 5.00. The number of phenolic OH excluding ortho intramolecular Hbond substituents is 1. The molecule has 2 unspecified atom stereocenters. The van der Waals surface area contributed by atoms with Crippen molar-refractivity contribution < 1.29 is 39.9 Å². The van der Waals surface area contributed by atoms with Gasteiger partial charge >= 0.3 is 11.9 Å². The van der Waals surface area contributed by atoms with Gasteiger partial charge in [-0.2, -0.15) is 13.5 Å². The summed E-state index contributed by atoms with van der Waals surface area (Å²) in [7, 11) is 0. The molecule has 0 saturated heterocycles. The summed E-state index contributed by atoms with van der Waals surface area (Å²) in [6.07, 6.45) is 2.20. The number of carbonyl (C=O) groups is 2. The molecule has 0 spiro atoms. The summed E-state index contributed by atoms with van der Waals surface area (Å²) in [6.45, 7) is 1.69. The van der Waals surface area contributed by atoms with Gasteiger partial charge in [0, 0.05) is 29.9 Å². The maximum absolute atomic E-state index is 10.9. The van der Waals surface area contributed by atoms with E-state index in [0.717, 1.165) is 22.0 Å². The van der Waals surface area contributed by atoms with Gasteiger partial charge in [-0.3, -0.25) is 9.59 Å². The van der Waals surface area contributed by atoms with Crippen LogP contribution in [0.1, 0.15) is 18.1 Å². The molecular formula is C22H29N3O8S. The lowest BCUT2D eigenvalue weighted by Gasteiger charge is -2.19. The van der Waals surface area contributed by atoms with Crippen LogP contribution < -0.4 is 20.9 Å². The summed E-state index contributed by atoms with van der Waals surface area (Å²) < 4.78 is 10.4. The Morgan fingerprint density at radius 1 is 1.15 bits per heavy atom. The summed E-state index contributed by atoms with van der Waals surface area (Å²) in [4.78, 5) is 24.5. The molecule has 12 heteroatoms. The lowest BCUT2D eigenvalue weighted by molar-refractivity contribution is -0.142. The third kappa shape index (κ3) is 6.78. The highest BCUT2D eigenvalue weighted by molar-refractivity contribution is 7.59. The summed E-state index contributed by atoms with van der Waals surface area (Å²) in [6, 6.07) is 9.28. The van der Waals surface area contributed by atoms with Crippen LogP contribution in [-0.2, 0) is 22.4 Å². The number of nitrogens with one attached hydrogen (secondary N) is 1. The molecule has 4 rings (SSSR count). The van der Waals surface area contributed by atoms with Crippen molar-refractivity contribution in [1.29, 1.82) is 0 Å². The number of carboxylic acid groups (broad SMARTS) is 2. The second kappa shape index (κ2) is 11.6. The number of nitrogens with two attached hydrogens (primary N) is 2. The Balaban J connectivity index is 0.000000321. The van der Waals surface area contributed by atoms with Gasteiger partial charge in [0.05, 0.1) is 0 Å². The number of aromatic nitrogens is 1. The van der Waals surface area contributed by atoms with Gasteiger partial charge in [0.2, 0.25) is 6.79 Å². The fourth-order valence-corrected chi connectivity index (χ4v) is 3.21. The molecule has 2 aromatic carbocycles. The predicted octanol–water partition coefficient (Wildman–Crippen LogP) is 0.876. The number of aromatic hydroxyl groups is 1. The maximum atomic E-state index is 10.9. The number of hydrogen-bond donors (Lipinski definition) is 6. The van der Waals surface area contributed by atoms with Crippen LogP contribution in [-0.4, -0.2) is 56.1 Å². The van der Waals surface area contributed by atoms with E-state index in [2.05, 4.69) is 4.98 Å². The number of H-pyrrole nitrogens is 1. The van der Waals surface area contributed by atoms with Crippen molar-refractivity contribution in [1.82, 2.24) is 4.98 Å². The van der Waals surface area contributed by atoms with Crippen molar-refractivity contribution in [2.75, 3.05) is 6.79 Å². The summed E-state index contributed by atoms with van der Waals surface area (Å²) in [5.41, 5.74) is 12.3. The van der Waals surface area contributed by atoms with E-state index >= 15 is 0 Å². The number of aromatic amines is 1. The molecule has 0 bridgehead atoms. The molecule has 186 valence electrons. The standard InChI is InChI=1S/C11H12N2O3.C11H13NO4.H2O.H2S/c12-9(11(15)16)3-6-5-13-10-2-1-7(14)4-8(6)10;1-11(12,10(13)14)5-7-2-3-8-9(4-7)16-6-15-8;;/h1-2,4-5,9,13-14H,3,12H2,(H,15,16);2-4H,5-6,12H2,1H3,(H,13,14);2*1H2. The molecule has 1 aliphatic rings. The number of carboxylic acids is 2. The van der Waals surface area contributed by atoms with E-state index in [-0.39, 0.29) is 44.4 Å². The van der Waals surface area contributed by atoms with Gasteiger partial charge in [-0.25, -0.2) is 0 Å². The number of benzene rings is 2. The van der Waals surface area contributed by atoms with E-state index in [0.29, 0.717) is 11.5 Å². The van der Waals surface area contributed by atoms with Gasteiger partial charge < -0.3 is 46.7 Å². The zero-order valence-corrected chi connectivity index (χ0v) is 19.4. The monoisotopic (exact) mass is 495 g/mol. The average molecular weight is 496 g/mol. The Kier molecular flexibility index (Phi) is 9.76. The first-order valence-electron chi connectivity index (χ1n) is 9.75. The van der Waals surface area contributed by atoms with Crippen LogP contribution in [0.3, 0.4) is 0 Å². The fourth-order valence-electron chi connectivity index (χ4n) is 3.21. The van der Waals surface area contributed by atoms with E-state index in [9.17, 15) is 14.7 Å². The van der Waals surface area contributed by atoms with E-state index in [1.54, 1.807) is 42.6 Å². The average Bonchev–Trinajstić information content (AvgIpc) is 3.34. The van der Waals surface area contributed by atoms with Crippen LogP contribution in [0.4, 0.5) is 0 Å². The Bertz CT molecular complexity index is 1150. The highest BCUT2D eigenvalue weighted by Crippen LogP contribution is 2.33. The minimum atomic E-state index is -1.27. The smallest absolute Gasteiger partial charge is 0.323 e. The van der Waals surface area contributed by atoms with Crippen molar-refractivity contribution in [3.63, 3.8) is 0 Å². The molecule has 1 aliphatic heterocycles. The Hall–Kier alpha value is -3.45. The Morgan fingerprint density at radius 3 is 2.47 bits per heavy atom. The molecule has 2 atom stereocenters. The van der Waals surface area contributed by atoms with Crippen LogP contribution in [0.15, 0.2) is 42.6 Å². The van der Waals surface area contributed by atoms with Crippen molar-refractivity contribution in [3.8, 4) is 17.2 Å². The number of phenols is 1. The summed E-state index contributed by atoms with van der Waals surface area (Å²) in [5.74, 6) is -0.589. The number of aliphatic carboxylic acids is 2. The number of rotatable bonds is 6. The quantitative estimate of drug-likeness (QED) is 0.286. The van der Waals surface area contributed by atoms with Crippen LogP contribution in [0.25, 0.3) is 10.9 Å². The van der Waals surface area contributed by atoms with Gasteiger partial charge in [0.1, 0.15) is 17.3 Å². The molecule has 0 amide bonds. The number of fused-ring (bicyclic) bond motifs is 2. The maximum Gasteiger partial charge on any atom is 0.323 e. The largest absolute Gasteiger partial charge is 0.508 e. The van der Waals surface area contributed by atoms with Crippen molar-refractivity contribution in [2.24, 2.45) is 11.5 Å². The van der Waals surface area contributed by atoms with Crippen molar-refractivity contribution >= 4 is 36.3 Å². The van der Waals surface area contributed by atoms with Crippen molar-refractivity contribution in [3.05, 3.63) is 53.7 Å². The Morgan fingerprint density at radius 2 is 1.82 bits per heavy atom. The van der Waals surface area contributed by atoms with Gasteiger partial charge in [-0.15, -0.1) is 0 Å². The Labute approximate surface area is 202 Å². The minimum absolute atomic E-state index is 0. The molecule has 34 heavy (non-hydrogen) atoms. The molecule has 1 aromatic heterocycles. The first-order chi connectivity index (χ1) is 15.1. The van der Waals surface area contributed by atoms with Gasteiger partial charge in [-0.05, 0) is 48.4 Å².